The van der Waals surface area contributed by atoms with E-state index in [9.17, 15) is 44.4 Å². The van der Waals surface area contributed by atoms with Crippen molar-refractivity contribution in [3.05, 3.63) is 83.9 Å². The van der Waals surface area contributed by atoms with Crippen molar-refractivity contribution in [2.75, 3.05) is 16.9 Å². The summed E-state index contributed by atoms with van der Waals surface area (Å²) in [4.78, 5) is 58.5. The standard InChI is InChI=1S/C33H30B2N2O10/c1-47-20-8-11-26(38)24(14-20)27-21-9-10-22-28(32(41)36(30(22)39)18-6-2-4-16(12-18)34(43)44)23(21)15-25-29(27)33(42)37(31(25)40)19-7-3-5-17(13-19)35(45)46/h2-9,11-14,22-23,25,27-29,38,43-46H,10,15H2,1H3/t22-,23+,25+,27+,28-,29+/m0/s1. The lowest BCUT2D eigenvalue weighted by atomic mass is 9.57. The molecule has 4 aliphatic rings. The minimum absolute atomic E-state index is 0.0878. The van der Waals surface area contributed by atoms with Gasteiger partial charge in [0.15, 0.2) is 0 Å². The zero-order valence-corrected chi connectivity index (χ0v) is 25.1. The molecular formula is C33H30B2N2O10. The number of phenols is 1. The van der Waals surface area contributed by atoms with Crippen LogP contribution in [-0.4, -0.2) is 70.2 Å². The van der Waals surface area contributed by atoms with E-state index in [-0.39, 0.29) is 40.9 Å². The van der Waals surface area contributed by atoms with Gasteiger partial charge in [-0.3, -0.25) is 29.0 Å². The highest BCUT2D eigenvalue weighted by Crippen LogP contribution is 2.59. The fraction of sp³-hybridized carbons (Fsp3) is 0.273. The number of methoxy groups -OCH3 is 1. The molecule has 47 heavy (non-hydrogen) atoms. The predicted molar refractivity (Wildman–Crippen MR) is 170 cm³/mol. The van der Waals surface area contributed by atoms with Crippen molar-refractivity contribution in [2.24, 2.45) is 29.6 Å². The minimum atomic E-state index is -1.83. The van der Waals surface area contributed by atoms with Crippen LogP contribution in [0.15, 0.2) is 78.4 Å². The topological polar surface area (TPSA) is 185 Å². The highest BCUT2D eigenvalue weighted by Gasteiger charge is 2.62. The fourth-order valence-electron chi connectivity index (χ4n) is 8.00. The number of allylic oxidation sites excluding steroid dienone is 2. The normalized spacial score (nSPS) is 26.5. The Bertz CT molecular complexity index is 1860. The number of phenolic OH excluding ortho intramolecular Hbond substituents is 1. The molecule has 1 saturated carbocycles. The monoisotopic (exact) mass is 636 g/mol. The Hall–Kier alpha value is -4.75. The van der Waals surface area contributed by atoms with Crippen molar-refractivity contribution in [1.29, 1.82) is 0 Å². The number of hydrogen-bond acceptors (Lipinski definition) is 10. The number of amides is 4. The van der Waals surface area contributed by atoms with Crippen molar-refractivity contribution < 1.29 is 49.1 Å². The van der Waals surface area contributed by atoms with E-state index in [2.05, 4.69) is 0 Å². The van der Waals surface area contributed by atoms with Crippen LogP contribution in [0.3, 0.4) is 0 Å². The third kappa shape index (κ3) is 4.78. The molecule has 6 atom stereocenters. The van der Waals surface area contributed by atoms with Crippen LogP contribution in [0.4, 0.5) is 11.4 Å². The van der Waals surface area contributed by atoms with Crippen molar-refractivity contribution in [3.8, 4) is 11.5 Å². The largest absolute Gasteiger partial charge is 0.508 e. The van der Waals surface area contributed by atoms with Crippen LogP contribution in [0.1, 0.15) is 24.3 Å². The lowest BCUT2D eigenvalue weighted by Gasteiger charge is -2.44. The Kier molecular flexibility index (Phi) is 7.55. The molecule has 7 rings (SSSR count). The van der Waals surface area contributed by atoms with Crippen LogP contribution in [0, 0.1) is 29.6 Å². The van der Waals surface area contributed by atoms with Crippen LogP contribution in [-0.2, 0) is 19.2 Å². The molecule has 4 amide bonds. The molecule has 2 heterocycles. The van der Waals surface area contributed by atoms with Gasteiger partial charge in [-0.25, -0.2) is 0 Å². The molecule has 2 aliphatic heterocycles. The van der Waals surface area contributed by atoms with Crippen LogP contribution in [0.25, 0.3) is 0 Å². The number of imide groups is 2. The highest BCUT2D eigenvalue weighted by atomic mass is 16.5. The third-order valence-corrected chi connectivity index (χ3v) is 10.1. The number of hydrogen-bond donors (Lipinski definition) is 5. The first-order valence-corrected chi connectivity index (χ1v) is 15.3. The van der Waals surface area contributed by atoms with Gasteiger partial charge >= 0.3 is 14.2 Å². The van der Waals surface area contributed by atoms with E-state index >= 15 is 0 Å². The van der Waals surface area contributed by atoms with Crippen molar-refractivity contribution in [1.82, 2.24) is 0 Å². The van der Waals surface area contributed by atoms with Gasteiger partial charge < -0.3 is 29.9 Å². The van der Waals surface area contributed by atoms with E-state index in [1.807, 2.05) is 6.08 Å². The van der Waals surface area contributed by atoms with Crippen LogP contribution >= 0.6 is 0 Å². The first-order valence-electron chi connectivity index (χ1n) is 15.3. The summed E-state index contributed by atoms with van der Waals surface area (Å²) in [7, 11) is -2.17. The molecule has 2 aliphatic carbocycles. The highest BCUT2D eigenvalue weighted by molar-refractivity contribution is 6.59. The Morgan fingerprint density at radius 1 is 0.702 bits per heavy atom. The third-order valence-electron chi connectivity index (χ3n) is 10.1. The molecule has 14 heteroatoms. The number of aromatic hydroxyl groups is 1. The average Bonchev–Trinajstić information content (AvgIpc) is 3.47. The number of carbonyl (C=O) groups excluding carboxylic acids is 4. The summed E-state index contributed by atoms with van der Waals surface area (Å²) in [5.74, 6) is -6.71. The van der Waals surface area contributed by atoms with Gasteiger partial charge in [0, 0.05) is 11.5 Å². The van der Waals surface area contributed by atoms with E-state index < -0.39 is 73.4 Å². The number of rotatable bonds is 6. The number of fused-ring (bicyclic) bond motifs is 4. The zero-order valence-electron chi connectivity index (χ0n) is 25.1. The van der Waals surface area contributed by atoms with E-state index in [4.69, 9.17) is 4.74 Å². The average molecular weight is 636 g/mol. The van der Waals surface area contributed by atoms with Crippen molar-refractivity contribution in [2.45, 2.75) is 18.8 Å². The molecule has 0 aromatic heterocycles. The molecular weight excluding hydrogens is 606 g/mol. The van der Waals surface area contributed by atoms with Crippen molar-refractivity contribution >= 4 is 60.2 Å². The summed E-state index contributed by atoms with van der Waals surface area (Å²) in [6.07, 6.45) is 2.11. The molecule has 238 valence electrons. The van der Waals surface area contributed by atoms with Gasteiger partial charge in [0.2, 0.25) is 23.6 Å². The quantitative estimate of drug-likeness (QED) is 0.138. The lowest BCUT2D eigenvalue weighted by Crippen LogP contribution is -2.43. The number of nitrogens with zero attached hydrogens (tertiary/aromatic N) is 2. The van der Waals surface area contributed by atoms with E-state index in [0.29, 0.717) is 16.9 Å². The molecule has 3 aromatic carbocycles. The number of carbonyl (C=O) groups is 4. The van der Waals surface area contributed by atoms with E-state index in [1.54, 1.807) is 12.1 Å². The van der Waals surface area contributed by atoms with Crippen LogP contribution in [0.5, 0.6) is 11.5 Å². The summed E-state index contributed by atoms with van der Waals surface area (Å²) in [6, 6.07) is 16.3. The van der Waals surface area contributed by atoms with Gasteiger partial charge in [-0.05, 0) is 72.1 Å². The molecule has 5 N–H and O–H groups in total. The lowest BCUT2D eigenvalue weighted by molar-refractivity contribution is -0.126. The molecule has 0 spiro atoms. The summed E-state index contributed by atoms with van der Waals surface area (Å²) < 4.78 is 5.43. The predicted octanol–water partition coefficient (Wildman–Crippen LogP) is -0.194. The smallest absolute Gasteiger partial charge is 0.488 e. The zero-order chi connectivity index (χ0) is 33.3. The SMILES string of the molecule is COc1ccc(O)c([C@H]2C3=CC[C@@H]4C(=O)N(c5cccc(B(O)O)c5)C(=O)[C@@H]4[C@@H]3C[C@H]3C(=O)N(c4cccc(B(O)O)c4)C(=O)[C@@H]23)c1. The van der Waals surface area contributed by atoms with E-state index in [1.165, 1.54) is 61.7 Å². The molecule has 2 saturated heterocycles. The Balaban J connectivity index is 1.34. The van der Waals surface area contributed by atoms with Crippen LogP contribution < -0.4 is 25.5 Å². The number of ether oxygens (including phenoxy) is 1. The molecule has 12 nitrogen and oxygen atoms in total. The summed E-state index contributed by atoms with van der Waals surface area (Å²) in [6.45, 7) is 0. The maximum Gasteiger partial charge on any atom is 0.488 e. The maximum atomic E-state index is 14.3. The molecule has 0 bridgehead atoms. The second-order valence-corrected chi connectivity index (χ2v) is 12.4. The summed E-state index contributed by atoms with van der Waals surface area (Å²) >= 11 is 0. The van der Waals surface area contributed by atoms with Crippen molar-refractivity contribution in [3.63, 3.8) is 0 Å². The second-order valence-electron chi connectivity index (χ2n) is 12.4. The Morgan fingerprint density at radius 2 is 1.28 bits per heavy atom. The maximum absolute atomic E-state index is 14.3. The Labute approximate surface area is 269 Å². The molecule has 3 aromatic rings. The van der Waals surface area contributed by atoms with Gasteiger partial charge in [-0.2, -0.15) is 0 Å². The van der Waals surface area contributed by atoms with Gasteiger partial charge in [-0.1, -0.05) is 35.9 Å². The fourth-order valence-corrected chi connectivity index (χ4v) is 8.00. The number of anilines is 2. The van der Waals surface area contributed by atoms with E-state index in [0.717, 1.165) is 9.80 Å². The second kappa shape index (κ2) is 11.5. The summed E-state index contributed by atoms with van der Waals surface area (Å²) in [5.41, 5.74) is 1.57. The van der Waals surface area contributed by atoms with Gasteiger partial charge in [0.1, 0.15) is 11.5 Å². The van der Waals surface area contributed by atoms with Gasteiger partial charge in [0.25, 0.3) is 0 Å². The molecule has 3 fully saturated rings. The molecule has 0 radical (unpaired) electrons. The number of benzene rings is 3. The first-order chi connectivity index (χ1) is 22.5. The van der Waals surface area contributed by atoms with Gasteiger partial charge in [0.05, 0.1) is 42.2 Å². The van der Waals surface area contributed by atoms with Crippen LogP contribution in [0.2, 0.25) is 0 Å². The first kappa shape index (κ1) is 30.9. The molecule has 0 unspecified atom stereocenters. The minimum Gasteiger partial charge on any atom is -0.508 e. The van der Waals surface area contributed by atoms with Gasteiger partial charge in [-0.15, -0.1) is 0 Å². The Morgan fingerprint density at radius 3 is 1.85 bits per heavy atom. The summed E-state index contributed by atoms with van der Waals surface area (Å²) in [5, 5.41) is 50.1.